The molecule has 0 amide bonds. The summed E-state index contributed by atoms with van der Waals surface area (Å²) >= 11 is 1.65. The quantitative estimate of drug-likeness (QED) is 0.760. The van der Waals surface area contributed by atoms with Gasteiger partial charge in [-0.05, 0) is 24.6 Å². The maximum absolute atomic E-state index is 5.71. The van der Waals surface area contributed by atoms with Gasteiger partial charge in [-0.1, -0.05) is 12.1 Å². The Morgan fingerprint density at radius 3 is 2.70 bits per heavy atom. The minimum atomic E-state index is 0.524. The molecule has 1 N–H and O–H groups in total. The van der Waals surface area contributed by atoms with Crippen molar-refractivity contribution in [3.8, 4) is 5.75 Å². The van der Waals surface area contributed by atoms with Crippen LogP contribution in [-0.4, -0.2) is 25.2 Å². The fraction of sp³-hybridized carbons (Fsp3) is 0.400. The Bertz CT molecular complexity index is 511. The molecule has 1 aromatic carbocycles. The second kappa shape index (κ2) is 7.99. The van der Waals surface area contributed by atoms with Crippen LogP contribution >= 0.6 is 11.3 Å². The summed E-state index contributed by atoms with van der Waals surface area (Å²) in [6.45, 7) is 4.95. The highest BCUT2D eigenvalue weighted by molar-refractivity contribution is 7.09. The summed E-state index contributed by atoms with van der Waals surface area (Å²) < 4.78 is 10.7. The molecule has 0 bridgehead atoms. The van der Waals surface area contributed by atoms with Gasteiger partial charge in [0.25, 0.3) is 0 Å². The number of benzene rings is 1. The van der Waals surface area contributed by atoms with Crippen molar-refractivity contribution < 1.29 is 9.47 Å². The van der Waals surface area contributed by atoms with E-state index in [9.17, 15) is 0 Å². The lowest BCUT2D eigenvalue weighted by Gasteiger charge is -2.07. The van der Waals surface area contributed by atoms with Gasteiger partial charge in [0.2, 0.25) is 0 Å². The first kappa shape index (κ1) is 15.0. The lowest BCUT2D eigenvalue weighted by atomic mass is 10.2. The highest BCUT2D eigenvalue weighted by Gasteiger charge is 2.00. The van der Waals surface area contributed by atoms with Crippen LogP contribution in [-0.2, 0) is 17.9 Å². The standard InChI is InChI=1S/C15H20N2O2S/c1-12-17-14(11-20-12)10-19-15-5-3-13(4-6-15)9-16-7-8-18-2/h3-6,11,16H,7-10H2,1-2H3. The zero-order valence-electron chi connectivity index (χ0n) is 11.9. The number of nitrogens with zero attached hydrogens (tertiary/aromatic N) is 1. The SMILES string of the molecule is COCCNCc1ccc(OCc2csc(C)n2)cc1. The van der Waals surface area contributed by atoms with Gasteiger partial charge in [-0.15, -0.1) is 11.3 Å². The summed E-state index contributed by atoms with van der Waals surface area (Å²) in [4.78, 5) is 4.37. The Morgan fingerprint density at radius 2 is 2.05 bits per heavy atom. The minimum Gasteiger partial charge on any atom is -0.487 e. The third-order valence-electron chi connectivity index (χ3n) is 2.79. The molecule has 0 saturated carbocycles. The zero-order valence-corrected chi connectivity index (χ0v) is 12.7. The van der Waals surface area contributed by atoms with Crippen molar-refractivity contribution in [1.29, 1.82) is 0 Å². The molecule has 0 fully saturated rings. The molecular weight excluding hydrogens is 272 g/mol. The zero-order chi connectivity index (χ0) is 14.2. The average Bonchev–Trinajstić information content (AvgIpc) is 2.88. The fourth-order valence-electron chi connectivity index (χ4n) is 1.74. The van der Waals surface area contributed by atoms with Crippen LogP contribution < -0.4 is 10.1 Å². The van der Waals surface area contributed by atoms with Gasteiger partial charge in [-0.3, -0.25) is 0 Å². The van der Waals surface area contributed by atoms with Crippen molar-refractivity contribution in [3.63, 3.8) is 0 Å². The molecule has 0 aliphatic carbocycles. The molecule has 0 spiro atoms. The lowest BCUT2D eigenvalue weighted by Crippen LogP contribution is -2.18. The van der Waals surface area contributed by atoms with Crippen molar-refractivity contribution in [2.75, 3.05) is 20.3 Å². The van der Waals surface area contributed by atoms with Crippen LogP contribution in [0.2, 0.25) is 0 Å². The Labute approximate surface area is 123 Å². The monoisotopic (exact) mass is 292 g/mol. The number of rotatable bonds is 8. The minimum absolute atomic E-state index is 0.524. The molecule has 0 saturated heterocycles. The highest BCUT2D eigenvalue weighted by Crippen LogP contribution is 2.15. The van der Waals surface area contributed by atoms with Crippen LogP contribution in [0.3, 0.4) is 0 Å². The molecule has 0 unspecified atom stereocenters. The van der Waals surface area contributed by atoms with Crippen LogP contribution in [0, 0.1) is 6.92 Å². The van der Waals surface area contributed by atoms with E-state index in [-0.39, 0.29) is 0 Å². The van der Waals surface area contributed by atoms with Gasteiger partial charge in [0.1, 0.15) is 12.4 Å². The van der Waals surface area contributed by atoms with Crippen LogP contribution in [0.25, 0.3) is 0 Å². The van der Waals surface area contributed by atoms with E-state index in [1.54, 1.807) is 18.4 Å². The second-order valence-electron chi connectivity index (χ2n) is 4.46. The van der Waals surface area contributed by atoms with E-state index < -0.39 is 0 Å². The molecule has 5 heteroatoms. The largest absolute Gasteiger partial charge is 0.487 e. The Hall–Kier alpha value is -1.43. The summed E-state index contributed by atoms with van der Waals surface area (Å²) in [5.41, 5.74) is 2.22. The summed E-state index contributed by atoms with van der Waals surface area (Å²) in [5.74, 6) is 0.872. The first-order chi connectivity index (χ1) is 9.78. The number of hydrogen-bond donors (Lipinski definition) is 1. The first-order valence-corrected chi connectivity index (χ1v) is 7.48. The third kappa shape index (κ3) is 4.92. The summed E-state index contributed by atoms with van der Waals surface area (Å²) in [7, 11) is 1.71. The van der Waals surface area contributed by atoms with Crippen molar-refractivity contribution in [2.24, 2.45) is 0 Å². The number of hydrogen-bond acceptors (Lipinski definition) is 5. The van der Waals surface area contributed by atoms with Crippen LogP contribution in [0.5, 0.6) is 5.75 Å². The van der Waals surface area contributed by atoms with Crippen molar-refractivity contribution in [1.82, 2.24) is 10.3 Å². The summed E-state index contributed by atoms with van der Waals surface area (Å²) in [6, 6.07) is 8.13. The van der Waals surface area contributed by atoms with E-state index in [1.807, 2.05) is 24.4 Å². The fourth-order valence-corrected chi connectivity index (χ4v) is 2.34. The van der Waals surface area contributed by atoms with Gasteiger partial charge >= 0.3 is 0 Å². The van der Waals surface area contributed by atoms with E-state index in [2.05, 4.69) is 22.4 Å². The Kier molecular flexibility index (Phi) is 5.98. The number of aromatic nitrogens is 1. The van der Waals surface area contributed by atoms with Gasteiger partial charge in [0.15, 0.2) is 0 Å². The van der Waals surface area contributed by atoms with E-state index in [0.29, 0.717) is 6.61 Å². The molecular formula is C15H20N2O2S. The molecule has 2 aromatic rings. The summed E-state index contributed by atoms with van der Waals surface area (Å²) in [5, 5.41) is 6.41. The topological polar surface area (TPSA) is 43.4 Å². The maximum Gasteiger partial charge on any atom is 0.131 e. The molecule has 0 atom stereocenters. The average molecular weight is 292 g/mol. The van der Waals surface area contributed by atoms with E-state index in [0.717, 1.165) is 36.1 Å². The molecule has 108 valence electrons. The predicted molar refractivity (Wildman–Crippen MR) is 81.2 cm³/mol. The van der Waals surface area contributed by atoms with Gasteiger partial charge in [0.05, 0.1) is 17.3 Å². The number of methoxy groups -OCH3 is 1. The molecule has 2 rings (SSSR count). The molecule has 0 radical (unpaired) electrons. The smallest absolute Gasteiger partial charge is 0.131 e. The Balaban J connectivity index is 1.76. The third-order valence-corrected chi connectivity index (χ3v) is 3.61. The van der Waals surface area contributed by atoms with Crippen molar-refractivity contribution in [3.05, 3.63) is 45.9 Å². The van der Waals surface area contributed by atoms with Crippen molar-refractivity contribution in [2.45, 2.75) is 20.1 Å². The van der Waals surface area contributed by atoms with E-state index in [4.69, 9.17) is 9.47 Å². The summed E-state index contributed by atoms with van der Waals surface area (Å²) in [6.07, 6.45) is 0. The maximum atomic E-state index is 5.71. The van der Waals surface area contributed by atoms with Gasteiger partial charge in [-0.2, -0.15) is 0 Å². The molecule has 4 nitrogen and oxygen atoms in total. The molecule has 0 aliphatic rings. The first-order valence-electron chi connectivity index (χ1n) is 6.60. The molecule has 0 aliphatic heterocycles. The van der Waals surface area contributed by atoms with Gasteiger partial charge in [-0.25, -0.2) is 4.98 Å². The van der Waals surface area contributed by atoms with E-state index in [1.165, 1.54) is 5.56 Å². The predicted octanol–water partition coefficient (Wildman–Crippen LogP) is 2.77. The van der Waals surface area contributed by atoms with Gasteiger partial charge < -0.3 is 14.8 Å². The molecule has 1 heterocycles. The van der Waals surface area contributed by atoms with Crippen LogP contribution in [0.4, 0.5) is 0 Å². The Morgan fingerprint density at radius 1 is 1.25 bits per heavy atom. The molecule has 1 aromatic heterocycles. The van der Waals surface area contributed by atoms with Crippen LogP contribution in [0.1, 0.15) is 16.3 Å². The van der Waals surface area contributed by atoms with Crippen molar-refractivity contribution >= 4 is 11.3 Å². The van der Waals surface area contributed by atoms with E-state index >= 15 is 0 Å². The number of nitrogens with one attached hydrogen (secondary N) is 1. The lowest BCUT2D eigenvalue weighted by molar-refractivity contribution is 0.199. The molecule has 20 heavy (non-hydrogen) atoms. The second-order valence-corrected chi connectivity index (χ2v) is 5.52. The highest BCUT2D eigenvalue weighted by atomic mass is 32.1. The normalized spacial score (nSPS) is 10.7. The van der Waals surface area contributed by atoms with Crippen LogP contribution in [0.15, 0.2) is 29.6 Å². The number of thiazole rings is 1. The number of ether oxygens (including phenoxy) is 2. The van der Waals surface area contributed by atoms with Gasteiger partial charge in [0, 0.05) is 25.6 Å². The number of aryl methyl sites for hydroxylation is 1.